The molecule has 0 spiro atoms. The van der Waals surface area contributed by atoms with Gasteiger partial charge in [-0.2, -0.15) is 5.10 Å². The molecule has 0 bridgehead atoms. The molecular formula is C22H32N4O. The predicted octanol–water partition coefficient (Wildman–Crippen LogP) is 4.08. The van der Waals surface area contributed by atoms with E-state index in [0.29, 0.717) is 12.5 Å². The number of anilines is 1. The van der Waals surface area contributed by atoms with Crippen LogP contribution < -0.4 is 4.90 Å². The van der Waals surface area contributed by atoms with E-state index in [-0.39, 0.29) is 12.0 Å². The number of amides is 1. The number of carbonyl (C=O) groups is 1. The van der Waals surface area contributed by atoms with Crippen molar-refractivity contribution in [2.75, 3.05) is 19.0 Å². The Balaban J connectivity index is 2.03. The Morgan fingerprint density at radius 1 is 1.26 bits per heavy atom. The number of rotatable bonds is 7. The summed E-state index contributed by atoms with van der Waals surface area (Å²) in [5.74, 6) is 1.57. The number of hydrogen-bond acceptors (Lipinski definition) is 3. The molecule has 1 saturated carbocycles. The minimum atomic E-state index is 0.207. The second kappa shape index (κ2) is 8.15. The Hall–Kier alpha value is -2.30. The molecule has 1 amide bonds. The number of aromatic nitrogens is 2. The third-order valence-electron chi connectivity index (χ3n) is 5.77. The second-order valence-electron chi connectivity index (χ2n) is 7.89. The molecule has 1 aliphatic rings. The molecule has 1 aromatic heterocycles. The SMILES string of the molecule is CCC(C)N(Cc1c(-c2ccccc2)nn(C)c1N(C)C)C(=O)C1CCC1. The molecule has 0 N–H and O–H groups in total. The maximum atomic E-state index is 13.2. The molecule has 1 heterocycles. The molecule has 1 atom stereocenters. The fourth-order valence-electron chi connectivity index (χ4n) is 3.82. The zero-order valence-corrected chi connectivity index (χ0v) is 17.3. The fourth-order valence-corrected chi connectivity index (χ4v) is 3.82. The molecule has 5 heteroatoms. The van der Waals surface area contributed by atoms with Gasteiger partial charge in [-0.25, -0.2) is 0 Å². The Bertz CT molecular complexity index is 777. The van der Waals surface area contributed by atoms with Crippen molar-refractivity contribution in [1.29, 1.82) is 0 Å². The Morgan fingerprint density at radius 3 is 2.44 bits per heavy atom. The normalized spacial score (nSPS) is 15.3. The number of hydrogen-bond donors (Lipinski definition) is 0. The van der Waals surface area contributed by atoms with Crippen LogP contribution in [0.25, 0.3) is 11.3 Å². The Morgan fingerprint density at radius 2 is 1.93 bits per heavy atom. The summed E-state index contributed by atoms with van der Waals surface area (Å²) in [4.78, 5) is 17.3. The molecule has 146 valence electrons. The van der Waals surface area contributed by atoms with Gasteiger partial charge in [-0.1, -0.05) is 43.7 Å². The van der Waals surface area contributed by atoms with Gasteiger partial charge in [-0.05, 0) is 26.2 Å². The van der Waals surface area contributed by atoms with Crippen molar-refractivity contribution >= 4 is 11.7 Å². The van der Waals surface area contributed by atoms with E-state index in [4.69, 9.17) is 5.10 Å². The van der Waals surface area contributed by atoms with Crippen molar-refractivity contribution in [3.63, 3.8) is 0 Å². The van der Waals surface area contributed by atoms with E-state index in [1.54, 1.807) is 0 Å². The van der Waals surface area contributed by atoms with Crippen LogP contribution in [0.4, 0.5) is 5.82 Å². The lowest BCUT2D eigenvalue weighted by atomic mass is 9.84. The molecule has 1 aliphatic carbocycles. The lowest BCUT2D eigenvalue weighted by Gasteiger charge is -2.35. The lowest BCUT2D eigenvalue weighted by molar-refractivity contribution is -0.141. The molecule has 0 saturated heterocycles. The van der Waals surface area contributed by atoms with Crippen molar-refractivity contribution in [2.45, 2.75) is 52.1 Å². The van der Waals surface area contributed by atoms with Crippen LogP contribution in [-0.2, 0) is 18.4 Å². The van der Waals surface area contributed by atoms with Crippen LogP contribution in [0, 0.1) is 5.92 Å². The average Bonchev–Trinajstić information content (AvgIpc) is 2.94. The standard InChI is InChI=1S/C22H32N4O/c1-6-16(2)26(22(27)18-13-10-14-18)15-19-20(17-11-8-7-9-12-17)23-25(5)21(19)24(3)4/h7-9,11-12,16,18H,6,10,13-15H2,1-5H3. The molecule has 0 radical (unpaired) electrons. The van der Waals surface area contributed by atoms with Gasteiger partial charge in [-0.3, -0.25) is 9.48 Å². The largest absolute Gasteiger partial charge is 0.363 e. The fraction of sp³-hybridized carbons (Fsp3) is 0.545. The summed E-state index contributed by atoms with van der Waals surface area (Å²) < 4.78 is 1.93. The molecule has 1 fully saturated rings. The summed E-state index contributed by atoms with van der Waals surface area (Å²) in [6.45, 7) is 4.92. The Labute approximate surface area is 163 Å². The van der Waals surface area contributed by atoms with Crippen molar-refractivity contribution in [3.8, 4) is 11.3 Å². The number of nitrogens with zero attached hydrogens (tertiary/aromatic N) is 4. The summed E-state index contributed by atoms with van der Waals surface area (Å²) >= 11 is 0. The van der Waals surface area contributed by atoms with Gasteiger partial charge in [0.15, 0.2) is 0 Å². The van der Waals surface area contributed by atoms with Crippen LogP contribution in [0.5, 0.6) is 0 Å². The monoisotopic (exact) mass is 368 g/mol. The zero-order chi connectivity index (χ0) is 19.6. The van der Waals surface area contributed by atoms with Crippen LogP contribution in [0.15, 0.2) is 30.3 Å². The van der Waals surface area contributed by atoms with E-state index in [1.165, 1.54) is 6.42 Å². The zero-order valence-electron chi connectivity index (χ0n) is 17.3. The van der Waals surface area contributed by atoms with E-state index in [1.807, 2.05) is 44.0 Å². The minimum Gasteiger partial charge on any atom is -0.363 e. The first-order valence-electron chi connectivity index (χ1n) is 10.0. The molecule has 1 aromatic carbocycles. The first-order valence-corrected chi connectivity index (χ1v) is 10.0. The van der Waals surface area contributed by atoms with E-state index < -0.39 is 0 Å². The van der Waals surface area contributed by atoms with Crippen LogP contribution in [0.3, 0.4) is 0 Å². The first kappa shape index (κ1) is 19.5. The van der Waals surface area contributed by atoms with Gasteiger partial charge in [0.05, 0.1) is 12.2 Å². The summed E-state index contributed by atoms with van der Waals surface area (Å²) in [6, 6.07) is 10.5. The quantitative estimate of drug-likeness (QED) is 0.739. The molecule has 3 rings (SSSR count). The Kier molecular flexibility index (Phi) is 5.88. The molecule has 2 aromatic rings. The lowest BCUT2D eigenvalue weighted by Crippen LogP contribution is -2.43. The smallest absolute Gasteiger partial charge is 0.226 e. The van der Waals surface area contributed by atoms with Crippen molar-refractivity contribution in [1.82, 2.24) is 14.7 Å². The van der Waals surface area contributed by atoms with E-state index in [2.05, 4.69) is 35.8 Å². The third-order valence-corrected chi connectivity index (χ3v) is 5.77. The topological polar surface area (TPSA) is 41.4 Å². The maximum Gasteiger partial charge on any atom is 0.226 e. The van der Waals surface area contributed by atoms with E-state index >= 15 is 0 Å². The van der Waals surface area contributed by atoms with E-state index in [9.17, 15) is 4.79 Å². The second-order valence-corrected chi connectivity index (χ2v) is 7.89. The molecule has 27 heavy (non-hydrogen) atoms. The highest BCUT2D eigenvalue weighted by Gasteiger charge is 2.33. The van der Waals surface area contributed by atoms with Crippen molar-refractivity contribution in [3.05, 3.63) is 35.9 Å². The van der Waals surface area contributed by atoms with Gasteiger partial charge in [0, 0.05) is 44.2 Å². The molecule has 0 aliphatic heterocycles. The van der Waals surface area contributed by atoms with Gasteiger partial charge >= 0.3 is 0 Å². The molecular weight excluding hydrogens is 336 g/mol. The summed E-state index contributed by atoms with van der Waals surface area (Å²) in [6.07, 6.45) is 4.20. The highest BCUT2D eigenvalue weighted by molar-refractivity contribution is 5.81. The van der Waals surface area contributed by atoms with Crippen molar-refractivity contribution in [2.24, 2.45) is 13.0 Å². The minimum absolute atomic E-state index is 0.207. The summed E-state index contributed by atoms with van der Waals surface area (Å²) in [7, 11) is 6.06. The van der Waals surface area contributed by atoms with Gasteiger partial charge in [0.25, 0.3) is 0 Å². The molecule has 5 nitrogen and oxygen atoms in total. The van der Waals surface area contributed by atoms with Crippen molar-refractivity contribution < 1.29 is 4.79 Å². The van der Waals surface area contributed by atoms with Gasteiger partial charge in [0.2, 0.25) is 5.91 Å². The first-order chi connectivity index (χ1) is 12.9. The summed E-state index contributed by atoms with van der Waals surface area (Å²) in [5.41, 5.74) is 3.19. The highest BCUT2D eigenvalue weighted by atomic mass is 16.2. The maximum absolute atomic E-state index is 13.2. The van der Waals surface area contributed by atoms with Gasteiger partial charge in [0.1, 0.15) is 5.82 Å². The number of aryl methyl sites for hydroxylation is 1. The van der Waals surface area contributed by atoms with Crippen LogP contribution >= 0.6 is 0 Å². The van der Waals surface area contributed by atoms with E-state index in [0.717, 1.165) is 41.9 Å². The van der Waals surface area contributed by atoms with Gasteiger partial charge < -0.3 is 9.80 Å². The van der Waals surface area contributed by atoms with Crippen LogP contribution in [0.1, 0.15) is 45.1 Å². The molecule has 1 unspecified atom stereocenters. The number of carbonyl (C=O) groups excluding carboxylic acids is 1. The highest BCUT2D eigenvalue weighted by Crippen LogP contribution is 2.34. The van der Waals surface area contributed by atoms with Gasteiger partial charge in [-0.15, -0.1) is 0 Å². The summed E-state index contributed by atoms with van der Waals surface area (Å²) in [5, 5.41) is 4.82. The number of benzene rings is 1. The average molecular weight is 369 g/mol. The van der Waals surface area contributed by atoms with Crippen LogP contribution in [-0.4, -0.2) is 40.7 Å². The van der Waals surface area contributed by atoms with Crippen LogP contribution in [0.2, 0.25) is 0 Å². The predicted molar refractivity (Wildman–Crippen MR) is 111 cm³/mol. The third kappa shape index (κ3) is 3.87.